The normalized spacial score (nSPS) is 23.7. The summed E-state index contributed by atoms with van der Waals surface area (Å²) in [6.07, 6.45) is -5.03. The fraction of sp³-hybridized carbons (Fsp3) is 0.472. The molecular formula is C36H42F3N3O7Si. The molecule has 0 spiro atoms. The van der Waals surface area contributed by atoms with E-state index in [1.807, 2.05) is 69.1 Å². The van der Waals surface area contributed by atoms with Crippen molar-refractivity contribution in [2.45, 2.75) is 83.3 Å². The van der Waals surface area contributed by atoms with Crippen LogP contribution in [0.1, 0.15) is 76.4 Å². The predicted octanol–water partition coefficient (Wildman–Crippen LogP) is 7.49. The Kier molecular flexibility index (Phi) is 8.55. The summed E-state index contributed by atoms with van der Waals surface area (Å²) in [5.41, 5.74) is 4.90. The number of fused-ring (bicyclic) bond motifs is 4. The molecule has 0 unspecified atom stereocenters. The number of ether oxygens (including phenoxy) is 2. The molecule has 1 heterocycles. The number of Topliss-reactive ketones (excluding diaryl/α,β-unsaturated/α-hetero) is 2. The van der Waals surface area contributed by atoms with E-state index in [2.05, 4.69) is 9.89 Å². The van der Waals surface area contributed by atoms with E-state index in [-0.39, 0.29) is 64.6 Å². The van der Waals surface area contributed by atoms with Gasteiger partial charge < -0.3 is 29.3 Å². The van der Waals surface area contributed by atoms with Crippen molar-refractivity contribution in [3.8, 4) is 11.6 Å². The highest BCUT2D eigenvalue weighted by Gasteiger charge is 2.67. The molecule has 3 N–H and O–H groups in total. The first kappa shape index (κ1) is 35.7. The summed E-state index contributed by atoms with van der Waals surface area (Å²) in [6, 6.07) is 9.65. The van der Waals surface area contributed by atoms with Crippen LogP contribution in [0.2, 0.25) is 18.1 Å². The Labute approximate surface area is 289 Å². The highest BCUT2D eigenvalue weighted by molar-refractivity contribution is 6.74. The van der Waals surface area contributed by atoms with Gasteiger partial charge in [0, 0.05) is 34.4 Å². The third-order valence-electron chi connectivity index (χ3n) is 10.8. The van der Waals surface area contributed by atoms with Crippen molar-refractivity contribution in [1.29, 1.82) is 0 Å². The molecule has 0 saturated carbocycles. The highest BCUT2D eigenvalue weighted by Crippen LogP contribution is 2.60. The number of alkyl halides is 3. The van der Waals surface area contributed by atoms with Gasteiger partial charge >= 0.3 is 6.36 Å². The minimum Gasteiger partial charge on any atom is -0.508 e. The van der Waals surface area contributed by atoms with Crippen LogP contribution in [0.5, 0.6) is 11.6 Å². The first-order valence-electron chi connectivity index (χ1n) is 16.4. The van der Waals surface area contributed by atoms with E-state index in [1.165, 1.54) is 6.92 Å². The fourth-order valence-electron chi connectivity index (χ4n) is 7.41. The number of allylic oxidation sites excluding steroid dienone is 1. The lowest BCUT2D eigenvalue weighted by atomic mass is 9.58. The maximum atomic E-state index is 15.2. The highest BCUT2D eigenvalue weighted by atomic mass is 28.4. The van der Waals surface area contributed by atoms with Gasteiger partial charge in [0.1, 0.15) is 23.7 Å². The molecule has 0 amide bonds. The number of nitrogens with two attached hydrogens (primary N) is 1. The molecule has 10 nitrogen and oxygen atoms in total. The molecule has 1 aromatic heterocycles. The number of aromatic nitrogens is 1. The van der Waals surface area contributed by atoms with Crippen LogP contribution >= 0.6 is 0 Å². The average Bonchev–Trinajstić information content (AvgIpc) is 3.42. The van der Waals surface area contributed by atoms with E-state index in [1.54, 1.807) is 14.1 Å². The minimum atomic E-state index is -5.04. The molecule has 6 rings (SSSR count). The van der Waals surface area contributed by atoms with Crippen LogP contribution in [0.25, 0.3) is 0 Å². The lowest BCUT2D eigenvalue weighted by Gasteiger charge is -2.55. The van der Waals surface area contributed by atoms with E-state index >= 15 is 4.79 Å². The lowest BCUT2D eigenvalue weighted by molar-refractivity contribution is -0.274. The number of anilines is 1. The minimum absolute atomic E-state index is 0.00476. The molecule has 0 fully saturated rings. The van der Waals surface area contributed by atoms with Gasteiger partial charge in [-0.25, -0.2) is 0 Å². The van der Waals surface area contributed by atoms with Gasteiger partial charge in [0.05, 0.1) is 6.04 Å². The van der Waals surface area contributed by atoms with Crippen LogP contribution in [-0.2, 0) is 17.5 Å². The third-order valence-corrected chi connectivity index (χ3v) is 15.3. The molecule has 0 radical (unpaired) electrons. The van der Waals surface area contributed by atoms with Gasteiger partial charge in [-0.15, -0.1) is 13.2 Å². The van der Waals surface area contributed by atoms with Crippen LogP contribution in [0.15, 0.2) is 52.3 Å². The number of nitrogens with zero attached hydrogens (tertiary/aromatic N) is 2. The lowest BCUT2D eigenvalue weighted by Crippen LogP contribution is -2.65. The number of nitrogen functional groups attached to an aromatic ring is 1. The maximum absolute atomic E-state index is 15.2. The Balaban J connectivity index is 1.59. The Hall–Kier alpha value is -4.14. The van der Waals surface area contributed by atoms with Gasteiger partial charge in [0.2, 0.25) is 5.78 Å². The molecule has 3 aromatic rings. The van der Waals surface area contributed by atoms with Crippen molar-refractivity contribution in [3.63, 3.8) is 0 Å². The van der Waals surface area contributed by atoms with Crippen LogP contribution < -0.4 is 15.2 Å². The van der Waals surface area contributed by atoms with Crippen molar-refractivity contribution >= 4 is 25.6 Å². The smallest absolute Gasteiger partial charge is 0.508 e. The van der Waals surface area contributed by atoms with E-state index in [0.717, 1.165) is 11.6 Å². The van der Waals surface area contributed by atoms with Gasteiger partial charge in [-0.05, 0) is 74.2 Å². The van der Waals surface area contributed by atoms with Gasteiger partial charge in [0.25, 0.3) is 5.88 Å². The molecule has 50 heavy (non-hydrogen) atoms. The zero-order valence-electron chi connectivity index (χ0n) is 29.3. The number of hydrogen-bond donors (Lipinski definition) is 2. The Bertz CT molecular complexity index is 1900. The van der Waals surface area contributed by atoms with Crippen LogP contribution in [-0.4, -0.2) is 61.1 Å². The second-order valence-electron chi connectivity index (χ2n) is 15.2. The quantitative estimate of drug-likeness (QED) is 0.187. The molecular weight excluding hydrogens is 671 g/mol. The van der Waals surface area contributed by atoms with E-state index in [9.17, 15) is 23.1 Å². The molecule has 3 aliphatic carbocycles. The van der Waals surface area contributed by atoms with Gasteiger partial charge in [0.15, 0.2) is 25.5 Å². The van der Waals surface area contributed by atoms with Crippen molar-refractivity contribution in [3.05, 3.63) is 81.3 Å². The van der Waals surface area contributed by atoms with E-state index in [0.29, 0.717) is 0 Å². The van der Waals surface area contributed by atoms with Crippen LogP contribution in [0.3, 0.4) is 0 Å². The molecule has 0 bridgehead atoms. The Morgan fingerprint density at radius 3 is 2.38 bits per heavy atom. The molecule has 0 aliphatic heterocycles. The van der Waals surface area contributed by atoms with Crippen molar-refractivity contribution < 1.29 is 46.3 Å². The number of carbonyl (C=O) groups is 2. The number of hydrogen-bond acceptors (Lipinski definition) is 10. The SMILES string of the molecule is Cc1c(N)cc(OC(F)(F)F)c2c1C(=O)C1=C(O)[C@]3(O[Si](C)(C)C(C)(C)C)C(=O)c4c(OCc5ccccc5)noc4[C@@H](N(C)C)[C@@H]3C[C@@H]1C2. The number of rotatable bonds is 7. The van der Waals surface area contributed by atoms with Crippen molar-refractivity contribution in [2.24, 2.45) is 11.8 Å². The fourth-order valence-corrected chi connectivity index (χ4v) is 8.87. The summed E-state index contributed by atoms with van der Waals surface area (Å²) in [5, 5.41) is 16.3. The molecule has 4 atom stereocenters. The zero-order chi connectivity index (χ0) is 36.7. The number of aliphatic hydroxyl groups excluding tert-OH is 1. The first-order valence-corrected chi connectivity index (χ1v) is 19.3. The number of carbonyl (C=O) groups excluding carboxylic acids is 2. The molecule has 14 heteroatoms. The zero-order valence-corrected chi connectivity index (χ0v) is 30.3. The van der Waals surface area contributed by atoms with Crippen LogP contribution in [0.4, 0.5) is 18.9 Å². The monoisotopic (exact) mass is 713 g/mol. The molecule has 2 aromatic carbocycles. The molecule has 0 saturated heterocycles. The average molecular weight is 714 g/mol. The van der Waals surface area contributed by atoms with Gasteiger partial charge in [-0.3, -0.25) is 14.5 Å². The largest absolute Gasteiger partial charge is 0.573 e. The summed E-state index contributed by atoms with van der Waals surface area (Å²) < 4.78 is 64.1. The number of aliphatic hydroxyl groups is 1. The van der Waals surface area contributed by atoms with E-state index in [4.69, 9.17) is 19.4 Å². The van der Waals surface area contributed by atoms with Gasteiger partial charge in [-0.2, -0.15) is 0 Å². The second-order valence-corrected chi connectivity index (χ2v) is 19.9. The van der Waals surface area contributed by atoms with Crippen molar-refractivity contribution in [1.82, 2.24) is 10.1 Å². The standard InChI is InChI=1S/C36H42F3N3O7Si/c1-18-23(40)16-24(47-36(37,38)39)21-14-20-15-22-28(42(5)6)30-27(33(41-48-30)46-17-19-12-10-9-11-13-19)32(45)35(22,49-50(7,8)34(2,3)4)31(44)26(20)29(43)25(18)21/h9-13,16,20,22,28,44H,14-15,17,40H2,1-8H3/t20-,22-,28-,35-/m0/s1. The number of halogens is 3. The molecule has 268 valence electrons. The summed E-state index contributed by atoms with van der Waals surface area (Å²) in [5.74, 6) is -4.00. The summed E-state index contributed by atoms with van der Waals surface area (Å²) in [4.78, 5) is 31.6. The summed E-state index contributed by atoms with van der Waals surface area (Å²) in [7, 11) is 0.616. The van der Waals surface area contributed by atoms with Gasteiger partial charge in [-0.1, -0.05) is 51.1 Å². The number of ketones is 2. The Morgan fingerprint density at radius 1 is 1.12 bits per heavy atom. The maximum Gasteiger partial charge on any atom is 0.573 e. The first-order chi connectivity index (χ1) is 23.2. The predicted molar refractivity (Wildman–Crippen MR) is 181 cm³/mol. The molecule has 3 aliphatic rings. The third kappa shape index (κ3) is 5.61. The summed E-state index contributed by atoms with van der Waals surface area (Å²) in [6.45, 7) is 11.5. The summed E-state index contributed by atoms with van der Waals surface area (Å²) >= 11 is 0. The Morgan fingerprint density at radius 2 is 1.78 bits per heavy atom. The second kappa shape index (κ2) is 12.0. The van der Waals surface area contributed by atoms with Crippen LogP contribution in [0, 0.1) is 18.8 Å². The van der Waals surface area contributed by atoms with Crippen molar-refractivity contribution in [2.75, 3.05) is 19.8 Å². The van der Waals surface area contributed by atoms with E-state index < -0.39 is 66.3 Å². The number of benzene rings is 2. The topological polar surface area (TPSA) is 137 Å².